The fraction of sp³-hybridized carbons (Fsp3) is 0.214. The van der Waals surface area contributed by atoms with Gasteiger partial charge in [0.2, 0.25) is 0 Å². The summed E-state index contributed by atoms with van der Waals surface area (Å²) in [5.41, 5.74) is 2.96. The summed E-state index contributed by atoms with van der Waals surface area (Å²) in [5, 5.41) is 0.630. The van der Waals surface area contributed by atoms with Crippen molar-refractivity contribution in [2.75, 3.05) is 0 Å². The third-order valence-corrected chi connectivity index (χ3v) is 3.16. The Kier molecular flexibility index (Phi) is 4.45. The predicted molar refractivity (Wildman–Crippen MR) is 74.3 cm³/mol. The monoisotopic (exact) mass is 281 g/mol. The van der Waals surface area contributed by atoms with Crippen molar-refractivity contribution < 1.29 is 4.74 Å². The number of halogens is 2. The van der Waals surface area contributed by atoms with Crippen LogP contribution < -0.4 is 4.74 Å². The molecular weight excluding hydrogens is 269 g/mol. The molecule has 1 aromatic carbocycles. The van der Waals surface area contributed by atoms with Crippen molar-refractivity contribution in [1.29, 1.82) is 0 Å². The highest BCUT2D eigenvalue weighted by molar-refractivity contribution is 6.32. The van der Waals surface area contributed by atoms with E-state index >= 15 is 0 Å². The molecule has 0 saturated carbocycles. The van der Waals surface area contributed by atoms with Gasteiger partial charge in [0.15, 0.2) is 0 Å². The van der Waals surface area contributed by atoms with Crippen molar-refractivity contribution in [2.24, 2.45) is 0 Å². The van der Waals surface area contributed by atoms with Crippen molar-refractivity contribution in [3.05, 3.63) is 58.4 Å². The number of ether oxygens (including phenoxy) is 1. The van der Waals surface area contributed by atoms with Gasteiger partial charge in [-0.2, -0.15) is 0 Å². The maximum atomic E-state index is 6.06. The normalized spacial score (nSPS) is 10.4. The van der Waals surface area contributed by atoms with Gasteiger partial charge in [-0.25, -0.2) is 0 Å². The van der Waals surface area contributed by atoms with Crippen molar-refractivity contribution in [2.45, 2.75) is 19.4 Å². The highest BCUT2D eigenvalue weighted by atomic mass is 35.5. The van der Waals surface area contributed by atoms with Crippen molar-refractivity contribution in [3.8, 4) is 5.75 Å². The standard InChI is InChI=1S/C14H13Cl2NO/c1-10-5-11(8-17-7-10)9-18-14-4-2-3-13(16)12(14)6-15/h2-5,7-8H,6,9H2,1H3. The molecule has 0 bridgehead atoms. The zero-order chi connectivity index (χ0) is 13.0. The maximum Gasteiger partial charge on any atom is 0.125 e. The SMILES string of the molecule is Cc1cncc(COc2cccc(Cl)c2CCl)c1. The largest absolute Gasteiger partial charge is 0.488 e. The molecule has 0 aliphatic carbocycles. The number of aryl methyl sites for hydroxylation is 1. The zero-order valence-corrected chi connectivity index (χ0v) is 11.5. The Balaban J connectivity index is 2.13. The summed E-state index contributed by atoms with van der Waals surface area (Å²) in [6.07, 6.45) is 3.60. The van der Waals surface area contributed by atoms with Crippen LogP contribution in [0.15, 0.2) is 36.7 Å². The molecule has 0 aliphatic rings. The molecule has 0 amide bonds. The first-order chi connectivity index (χ1) is 8.70. The van der Waals surface area contributed by atoms with Crippen LogP contribution in [0.2, 0.25) is 5.02 Å². The van der Waals surface area contributed by atoms with Gasteiger partial charge in [-0.15, -0.1) is 11.6 Å². The van der Waals surface area contributed by atoms with Gasteiger partial charge in [-0.1, -0.05) is 17.7 Å². The van der Waals surface area contributed by atoms with Gasteiger partial charge in [0, 0.05) is 28.5 Å². The molecule has 4 heteroatoms. The summed E-state index contributed by atoms with van der Waals surface area (Å²) in [4.78, 5) is 4.12. The Labute approximate surface area is 117 Å². The molecule has 0 spiro atoms. The van der Waals surface area contributed by atoms with E-state index in [1.54, 1.807) is 12.3 Å². The van der Waals surface area contributed by atoms with Crippen LogP contribution in [0.3, 0.4) is 0 Å². The van der Waals surface area contributed by atoms with Gasteiger partial charge in [-0.3, -0.25) is 4.98 Å². The van der Waals surface area contributed by atoms with Crippen molar-refractivity contribution in [3.63, 3.8) is 0 Å². The first kappa shape index (κ1) is 13.2. The number of rotatable bonds is 4. The van der Waals surface area contributed by atoms with Crippen LogP contribution >= 0.6 is 23.2 Å². The fourth-order valence-corrected chi connectivity index (χ4v) is 2.24. The van der Waals surface area contributed by atoms with Crippen LogP contribution in [0.25, 0.3) is 0 Å². The average molecular weight is 282 g/mol. The second-order valence-corrected chi connectivity index (χ2v) is 4.68. The summed E-state index contributed by atoms with van der Waals surface area (Å²) < 4.78 is 5.74. The fourth-order valence-electron chi connectivity index (χ4n) is 1.66. The third-order valence-electron chi connectivity index (χ3n) is 2.54. The van der Waals surface area contributed by atoms with Crippen LogP contribution in [0.4, 0.5) is 0 Å². The summed E-state index contributed by atoms with van der Waals surface area (Å²) in [6, 6.07) is 7.56. The molecule has 1 aromatic heterocycles. The van der Waals surface area contributed by atoms with E-state index in [0.29, 0.717) is 17.5 Å². The summed E-state index contributed by atoms with van der Waals surface area (Å²) >= 11 is 11.9. The molecule has 0 atom stereocenters. The number of aromatic nitrogens is 1. The molecule has 0 N–H and O–H groups in total. The quantitative estimate of drug-likeness (QED) is 0.777. The van der Waals surface area contributed by atoms with Crippen molar-refractivity contribution >= 4 is 23.2 Å². The van der Waals surface area contributed by atoms with Gasteiger partial charge in [0.25, 0.3) is 0 Å². The summed E-state index contributed by atoms with van der Waals surface area (Å²) in [6.45, 7) is 2.46. The van der Waals surface area contributed by atoms with E-state index in [9.17, 15) is 0 Å². The lowest BCUT2D eigenvalue weighted by molar-refractivity contribution is 0.303. The molecule has 18 heavy (non-hydrogen) atoms. The number of alkyl halides is 1. The Morgan fingerprint density at radius 2 is 2.11 bits per heavy atom. The molecule has 0 saturated heterocycles. The minimum absolute atomic E-state index is 0.334. The van der Waals surface area contributed by atoms with Crippen LogP contribution in [0.5, 0.6) is 5.75 Å². The zero-order valence-electron chi connectivity index (χ0n) is 9.99. The lowest BCUT2D eigenvalue weighted by Crippen LogP contribution is -1.99. The van der Waals surface area contributed by atoms with Crippen LogP contribution in [-0.4, -0.2) is 4.98 Å². The molecule has 1 heterocycles. The van der Waals surface area contributed by atoms with Gasteiger partial charge < -0.3 is 4.74 Å². The molecule has 0 unspecified atom stereocenters. The Hall–Kier alpha value is -1.25. The van der Waals surface area contributed by atoms with E-state index in [1.165, 1.54) is 0 Å². The van der Waals surface area contributed by atoms with E-state index in [2.05, 4.69) is 4.98 Å². The van der Waals surface area contributed by atoms with E-state index in [1.807, 2.05) is 31.3 Å². The first-order valence-corrected chi connectivity index (χ1v) is 6.48. The minimum Gasteiger partial charge on any atom is -0.488 e. The molecular formula is C14H13Cl2NO. The highest BCUT2D eigenvalue weighted by Crippen LogP contribution is 2.28. The van der Waals surface area contributed by atoms with Gasteiger partial charge in [0.1, 0.15) is 12.4 Å². The number of benzene rings is 1. The molecule has 94 valence electrons. The van der Waals surface area contributed by atoms with Crippen LogP contribution in [0.1, 0.15) is 16.7 Å². The number of pyridine rings is 1. The second-order valence-electron chi connectivity index (χ2n) is 4.01. The van der Waals surface area contributed by atoms with E-state index in [-0.39, 0.29) is 0 Å². The van der Waals surface area contributed by atoms with Gasteiger partial charge >= 0.3 is 0 Å². The van der Waals surface area contributed by atoms with Gasteiger partial charge in [-0.05, 0) is 30.7 Å². The summed E-state index contributed by atoms with van der Waals surface area (Å²) in [7, 11) is 0. The van der Waals surface area contributed by atoms with E-state index < -0.39 is 0 Å². The van der Waals surface area contributed by atoms with E-state index in [0.717, 1.165) is 22.4 Å². The number of hydrogen-bond donors (Lipinski definition) is 0. The minimum atomic E-state index is 0.334. The molecule has 2 aromatic rings. The van der Waals surface area contributed by atoms with E-state index in [4.69, 9.17) is 27.9 Å². The smallest absolute Gasteiger partial charge is 0.125 e. The Morgan fingerprint density at radius 3 is 2.83 bits per heavy atom. The lowest BCUT2D eigenvalue weighted by Gasteiger charge is -2.11. The van der Waals surface area contributed by atoms with Crippen LogP contribution in [-0.2, 0) is 12.5 Å². The summed E-state index contributed by atoms with van der Waals surface area (Å²) in [5.74, 6) is 1.06. The lowest BCUT2D eigenvalue weighted by atomic mass is 10.2. The third kappa shape index (κ3) is 3.15. The highest BCUT2D eigenvalue weighted by Gasteiger charge is 2.07. The van der Waals surface area contributed by atoms with Gasteiger partial charge in [0.05, 0.1) is 5.88 Å². The second kappa shape index (κ2) is 6.07. The van der Waals surface area contributed by atoms with Crippen molar-refractivity contribution in [1.82, 2.24) is 4.98 Å². The number of hydrogen-bond acceptors (Lipinski definition) is 2. The maximum absolute atomic E-state index is 6.06. The predicted octanol–water partition coefficient (Wildman–Crippen LogP) is 4.36. The molecule has 2 rings (SSSR count). The molecule has 0 radical (unpaired) electrons. The average Bonchev–Trinajstić information content (AvgIpc) is 2.36. The Bertz CT molecular complexity index is 543. The molecule has 0 aliphatic heterocycles. The van der Waals surface area contributed by atoms with Crippen LogP contribution in [0, 0.1) is 6.92 Å². The Morgan fingerprint density at radius 1 is 1.28 bits per heavy atom. The topological polar surface area (TPSA) is 22.1 Å². The molecule has 0 fully saturated rings. The number of nitrogens with zero attached hydrogens (tertiary/aromatic N) is 1. The first-order valence-electron chi connectivity index (χ1n) is 5.57. The molecule has 2 nitrogen and oxygen atoms in total.